The van der Waals surface area contributed by atoms with Gasteiger partial charge in [0.25, 0.3) is 5.91 Å². The first-order valence-electron chi connectivity index (χ1n) is 8.47. The number of hydrogen-bond donors (Lipinski definition) is 2. The van der Waals surface area contributed by atoms with Gasteiger partial charge in [-0.15, -0.1) is 28.8 Å². The zero-order chi connectivity index (χ0) is 17.3. The number of hydrogen-bond acceptors (Lipinski definition) is 5. The van der Waals surface area contributed by atoms with Crippen molar-refractivity contribution in [1.29, 1.82) is 0 Å². The molecule has 1 saturated heterocycles. The first-order chi connectivity index (χ1) is 11.5. The monoisotopic (exact) mass is 383 g/mol. The van der Waals surface area contributed by atoms with Crippen molar-refractivity contribution < 1.29 is 4.79 Å². The second kappa shape index (κ2) is 8.29. The number of aryl methyl sites for hydroxylation is 2. The molecule has 0 radical (unpaired) electrons. The molecular formula is C17H26ClN5OS. The Morgan fingerprint density at radius 2 is 2.04 bits per heavy atom. The number of nitrogens with one attached hydrogen (secondary N) is 2. The number of nitrogens with zero attached hydrogens (tertiary/aromatic N) is 3. The van der Waals surface area contributed by atoms with Gasteiger partial charge in [0.2, 0.25) is 0 Å². The zero-order valence-corrected chi connectivity index (χ0v) is 16.8. The van der Waals surface area contributed by atoms with Gasteiger partial charge in [0.1, 0.15) is 0 Å². The highest BCUT2D eigenvalue weighted by Gasteiger charge is 2.24. The van der Waals surface area contributed by atoms with E-state index in [2.05, 4.69) is 40.9 Å². The summed E-state index contributed by atoms with van der Waals surface area (Å²) < 4.78 is 1.92. The predicted octanol–water partition coefficient (Wildman–Crippen LogP) is 3.10. The first kappa shape index (κ1) is 19.9. The van der Waals surface area contributed by atoms with Crippen LogP contribution in [0.25, 0.3) is 0 Å². The Kier molecular flexibility index (Phi) is 6.59. The number of halogens is 1. The molecule has 2 N–H and O–H groups in total. The summed E-state index contributed by atoms with van der Waals surface area (Å²) in [7, 11) is 0. The summed E-state index contributed by atoms with van der Waals surface area (Å²) in [6.45, 7) is 10.1. The topological polar surface area (TPSA) is 71.8 Å². The molecule has 1 amide bonds. The Balaban J connectivity index is 0.00000225. The second-order valence-corrected chi connectivity index (χ2v) is 7.97. The van der Waals surface area contributed by atoms with Crippen molar-refractivity contribution >= 4 is 29.7 Å². The number of rotatable bonds is 4. The van der Waals surface area contributed by atoms with Crippen molar-refractivity contribution in [3.8, 4) is 0 Å². The van der Waals surface area contributed by atoms with Crippen molar-refractivity contribution in [2.24, 2.45) is 0 Å². The van der Waals surface area contributed by atoms with Crippen molar-refractivity contribution in [3.63, 3.8) is 0 Å². The van der Waals surface area contributed by atoms with Gasteiger partial charge in [0.05, 0.1) is 17.8 Å². The maximum Gasteiger partial charge on any atom is 0.274 e. The normalized spacial score (nSPS) is 16.3. The lowest BCUT2D eigenvalue weighted by Gasteiger charge is -2.23. The molecule has 1 unspecified atom stereocenters. The predicted molar refractivity (Wildman–Crippen MR) is 103 cm³/mol. The number of piperidine rings is 1. The Bertz CT molecular complexity index is 735. The average molecular weight is 384 g/mol. The zero-order valence-electron chi connectivity index (χ0n) is 15.1. The van der Waals surface area contributed by atoms with Crippen molar-refractivity contribution in [1.82, 2.24) is 25.6 Å². The fraction of sp³-hybridized carbons (Fsp3) is 0.588. The molecule has 138 valence electrons. The minimum atomic E-state index is -0.150. The third kappa shape index (κ3) is 4.22. The van der Waals surface area contributed by atoms with Crippen LogP contribution in [0.2, 0.25) is 0 Å². The minimum Gasteiger partial charge on any atom is -0.344 e. The number of carbonyl (C=O) groups excluding carboxylic acids is 1. The van der Waals surface area contributed by atoms with E-state index >= 15 is 0 Å². The molecule has 25 heavy (non-hydrogen) atoms. The van der Waals surface area contributed by atoms with E-state index in [0.29, 0.717) is 11.7 Å². The molecule has 6 nitrogen and oxygen atoms in total. The molecule has 3 rings (SSSR count). The molecule has 0 aliphatic carbocycles. The van der Waals surface area contributed by atoms with Crippen molar-refractivity contribution in [2.75, 3.05) is 13.1 Å². The Labute approximate surface area is 158 Å². The quantitative estimate of drug-likeness (QED) is 0.850. The van der Waals surface area contributed by atoms with E-state index in [1.54, 1.807) is 11.3 Å². The van der Waals surface area contributed by atoms with Crippen LogP contribution in [-0.2, 0) is 0 Å². The van der Waals surface area contributed by atoms with Crippen LogP contribution in [0.4, 0.5) is 0 Å². The van der Waals surface area contributed by atoms with Gasteiger partial charge >= 0.3 is 0 Å². The minimum absolute atomic E-state index is 0. The van der Waals surface area contributed by atoms with E-state index in [0.717, 1.165) is 31.6 Å². The van der Waals surface area contributed by atoms with Gasteiger partial charge in [-0.05, 0) is 65.3 Å². The summed E-state index contributed by atoms with van der Waals surface area (Å²) in [5, 5.41) is 14.8. The molecule has 0 bridgehead atoms. The Hall–Kier alpha value is -1.44. The van der Waals surface area contributed by atoms with E-state index in [9.17, 15) is 4.79 Å². The molecule has 1 atom stereocenters. The van der Waals surface area contributed by atoms with E-state index < -0.39 is 0 Å². The van der Waals surface area contributed by atoms with Crippen LogP contribution in [0, 0.1) is 20.8 Å². The van der Waals surface area contributed by atoms with E-state index in [-0.39, 0.29) is 24.4 Å². The SMILES string of the molecule is Cc1cc(C(C)NC(=O)c2nnn(C3CCNCC3)c2C)c(C)s1.Cl. The van der Waals surface area contributed by atoms with Gasteiger partial charge in [-0.3, -0.25) is 4.79 Å². The molecule has 2 aromatic heterocycles. The van der Waals surface area contributed by atoms with Crippen molar-refractivity contribution in [3.05, 3.63) is 32.8 Å². The van der Waals surface area contributed by atoms with Gasteiger partial charge in [-0.25, -0.2) is 4.68 Å². The molecule has 2 aromatic rings. The summed E-state index contributed by atoms with van der Waals surface area (Å²) in [5.41, 5.74) is 2.46. The molecule has 1 fully saturated rings. The molecule has 0 saturated carbocycles. The summed E-state index contributed by atoms with van der Waals surface area (Å²) in [5.74, 6) is -0.150. The molecule has 1 aliphatic rings. The Morgan fingerprint density at radius 1 is 1.36 bits per heavy atom. The maximum absolute atomic E-state index is 12.6. The molecule has 1 aliphatic heterocycles. The highest BCUT2D eigenvalue weighted by molar-refractivity contribution is 7.12. The first-order valence-corrected chi connectivity index (χ1v) is 9.29. The van der Waals surface area contributed by atoms with Gasteiger partial charge in [0.15, 0.2) is 5.69 Å². The van der Waals surface area contributed by atoms with E-state index in [1.165, 1.54) is 15.3 Å². The van der Waals surface area contributed by atoms with E-state index in [1.807, 2.05) is 18.5 Å². The second-order valence-electron chi connectivity index (χ2n) is 6.51. The summed E-state index contributed by atoms with van der Waals surface area (Å²) in [6.07, 6.45) is 2.05. The number of amides is 1. The van der Waals surface area contributed by atoms with Crippen LogP contribution < -0.4 is 10.6 Å². The summed E-state index contributed by atoms with van der Waals surface area (Å²) in [4.78, 5) is 15.1. The highest BCUT2D eigenvalue weighted by atomic mass is 35.5. The molecule has 3 heterocycles. The van der Waals surface area contributed by atoms with Crippen molar-refractivity contribution in [2.45, 2.75) is 52.6 Å². The lowest BCUT2D eigenvalue weighted by molar-refractivity contribution is 0.0934. The summed E-state index contributed by atoms with van der Waals surface area (Å²) in [6, 6.07) is 2.44. The molecule has 0 aromatic carbocycles. The van der Waals surface area contributed by atoms with Crippen LogP contribution >= 0.6 is 23.7 Å². The van der Waals surface area contributed by atoms with Crippen LogP contribution in [-0.4, -0.2) is 34.0 Å². The van der Waals surface area contributed by atoms with Gasteiger partial charge in [-0.2, -0.15) is 0 Å². The van der Waals surface area contributed by atoms with Gasteiger partial charge < -0.3 is 10.6 Å². The maximum atomic E-state index is 12.6. The van der Waals surface area contributed by atoms with Gasteiger partial charge in [0, 0.05) is 9.75 Å². The summed E-state index contributed by atoms with van der Waals surface area (Å²) >= 11 is 1.76. The fourth-order valence-electron chi connectivity index (χ4n) is 3.37. The van der Waals surface area contributed by atoms with Crippen LogP contribution in [0.15, 0.2) is 6.07 Å². The molecule has 8 heteroatoms. The van der Waals surface area contributed by atoms with Crippen LogP contribution in [0.3, 0.4) is 0 Å². The van der Waals surface area contributed by atoms with Gasteiger partial charge in [-0.1, -0.05) is 5.21 Å². The van der Waals surface area contributed by atoms with Crippen LogP contribution in [0.1, 0.15) is 63.3 Å². The Morgan fingerprint density at radius 3 is 2.64 bits per heavy atom. The highest BCUT2D eigenvalue weighted by Crippen LogP contribution is 2.26. The smallest absolute Gasteiger partial charge is 0.274 e. The third-order valence-electron chi connectivity index (χ3n) is 4.69. The molecular weight excluding hydrogens is 358 g/mol. The average Bonchev–Trinajstić information content (AvgIpc) is 3.10. The lowest BCUT2D eigenvalue weighted by atomic mass is 10.1. The standard InChI is InChI=1S/C17H25N5OS.ClH/c1-10-9-15(13(4)24-10)11(2)19-17(23)16-12(3)22(21-20-16)14-5-7-18-8-6-14;/h9,11,14,18H,5-8H2,1-4H3,(H,19,23);1H. The number of aromatic nitrogens is 3. The largest absolute Gasteiger partial charge is 0.344 e. The molecule has 0 spiro atoms. The third-order valence-corrected chi connectivity index (χ3v) is 5.67. The number of carbonyl (C=O) groups is 1. The van der Waals surface area contributed by atoms with Crippen LogP contribution in [0.5, 0.6) is 0 Å². The van der Waals surface area contributed by atoms with E-state index in [4.69, 9.17) is 0 Å². The fourth-order valence-corrected chi connectivity index (χ4v) is 4.39. The number of thiophene rings is 1. The lowest BCUT2D eigenvalue weighted by Crippen LogP contribution is -2.31.